The van der Waals surface area contributed by atoms with Gasteiger partial charge in [0.25, 0.3) is 5.91 Å². The van der Waals surface area contributed by atoms with Gasteiger partial charge in [0.05, 0.1) is 26.2 Å². The molecule has 2 saturated heterocycles. The lowest BCUT2D eigenvalue weighted by atomic mass is 9.73. The lowest BCUT2D eigenvalue weighted by Gasteiger charge is -2.36. The van der Waals surface area contributed by atoms with Gasteiger partial charge < -0.3 is 14.8 Å². The predicted octanol–water partition coefficient (Wildman–Crippen LogP) is 2.76. The van der Waals surface area contributed by atoms with E-state index >= 15 is 0 Å². The minimum Gasteiger partial charge on any atom is -0.497 e. The summed E-state index contributed by atoms with van der Waals surface area (Å²) < 4.78 is 10.9. The van der Waals surface area contributed by atoms with Crippen LogP contribution in [-0.2, 0) is 10.3 Å². The van der Waals surface area contributed by atoms with Crippen LogP contribution in [0.1, 0.15) is 29.9 Å². The summed E-state index contributed by atoms with van der Waals surface area (Å²) in [6.45, 7) is 0.645. The molecule has 3 aliphatic heterocycles. The van der Waals surface area contributed by atoms with Gasteiger partial charge in [-0.05, 0) is 25.0 Å². The van der Waals surface area contributed by atoms with E-state index in [9.17, 15) is 14.9 Å². The summed E-state index contributed by atoms with van der Waals surface area (Å²) in [6, 6.07) is 11.6. The largest absolute Gasteiger partial charge is 0.497 e. The molecule has 3 heterocycles. The Morgan fingerprint density at radius 3 is 2.73 bits per heavy atom. The van der Waals surface area contributed by atoms with Crippen molar-refractivity contribution in [2.75, 3.05) is 26.1 Å². The fraction of sp³-hybridized carbons (Fsp3) is 0.409. The SMILES string of the molecule is COc1ccc([C@@H]2[C@@H]([N+](=O)[O-])[C@@H]3CCCN3[C@@]23C(=O)Nc2ccccc23)c(OC)c1. The molecular formula is C22H23N3O5. The van der Waals surface area contributed by atoms with Gasteiger partial charge in [0.2, 0.25) is 6.04 Å². The molecule has 2 aromatic rings. The molecule has 3 aliphatic rings. The number of nitro groups is 1. The first-order chi connectivity index (χ1) is 14.5. The molecule has 0 aliphatic carbocycles. The zero-order chi connectivity index (χ0) is 21.0. The third kappa shape index (κ3) is 2.28. The number of benzene rings is 2. The van der Waals surface area contributed by atoms with Gasteiger partial charge >= 0.3 is 0 Å². The van der Waals surface area contributed by atoms with Gasteiger partial charge in [-0.2, -0.15) is 0 Å². The molecule has 30 heavy (non-hydrogen) atoms. The van der Waals surface area contributed by atoms with Crippen molar-refractivity contribution in [1.29, 1.82) is 0 Å². The van der Waals surface area contributed by atoms with Crippen LogP contribution in [0.15, 0.2) is 42.5 Å². The van der Waals surface area contributed by atoms with Gasteiger partial charge in [-0.15, -0.1) is 0 Å². The van der Waals surface area contributed by atoms with Crippen molar-refractivity contribution in [3.63, 3.8) is 0 Å². The van der Waals surface area contributed by atoms with Gasteiger partial charge in [-0.3, -0.25) is 19.8 Å². The van der Waals surface area contributed by atoms with Gasteiger partial charge in [0.1, 0.15) is 17.0 Å². The number of rotatable bonds is 4. The highest BCUT2D eigenvalue weighted by Crippen LogP contribution is 2.60. The summed E-state index contributed by atoms with van der Waals surface area (Å²) in [7, 11) is 3.09. The van der Waals surface area contributed by atoms with Gasteiger partial charge in [0, 0.05) is 34.3 Å². The van der Waals surface area contributed by atoms with E-state index in [1.165, 1.54) is 7.11 Å². The highest BCUT2D eigenvalue weighted by atomic mass is 16.6. The van der Waals surface area contributed by atoms with Crippen LogP contribution in [-0.4, -0.2) is 48.6 Å². The number of hydrogen-bond acceptors (Lipinski definition) is 6. The first kappa shape index (κ1) is 18.9. The van der Waals surface area contributed by atoms with Gasteiger partial charge in [0.15, 0.2) is 0 Å². The topological polar surface area (TPSA) is 93.9 Å². The third-order valence-corrected chi connectivity index (χ3v) is 6.89. The van der Waals surface area contributed by atoms with Crippen molar-refractivity contribution in [2.45, 2.75) is 36.4 Å². The first-order valence-electron chi connectivity index (χ1n) is 10.1. The van der Waals surface area contributed by atoms with E-state index < -0.39 is 17.5 Å². The summed E-state index contributed by atoms with van der Waals surface area (Å²) in [5.74, 6) is 0.186. The molecule has 5 rings (SSSR count). The number of amides is 1. The Balaban J connectivity index is 1.81. The lowest BCUT2D eigenvalue weighted by molar-refractivity contribution is -0.527. The lowest BCUT2D eigenvalue weighted by Crippen LogP contribution is -2.50. The van der Waals surface area contributed by atoms with Crippen molar-refractivity contribution < 1.29 is 19.2 Å². The number of nitrogens with one attached hydrogen (secondary N) is 1. The normalized spacial score (nSPS) is 29.5. The van der Waals surface area contributed by atoms with E-state index in [0.29, 0.717) is 30.0 Å². The Bertz CT molecular complexity index is 1040. The Hall–Kier alpha value is -3.13. The molecular weight excluding hydrogens is 386 g/mol. The number of nitrogens with zero attached hydrogens (tertiary/aromatic N) is 2. The standard InChI is InChI=1S/C22H23N3O5/c1-29-13-9-10-14(18(12-13)30-2)19-20(25(27)28)17-8-5-11-24(17)22(19)15-6-3-4-7-16(15)23-21(22)26/h3-4,6-7,9-10,12,17,19-20H,5,8,11H2,1-2H3,(H,23,26)/t17-,19+,20-,22+/m0/s1. The number of para-hydroxylation sites is 1. The molecule has 2 fully saturated rings. The van der Waals surface area contributed by atoms with Crippen LogP contribution in [0.4, 0.5) is 5.69 Å². The molecule has 156 valence electrons. The molecule has 8 nitrogen and oxygen atoms in total. The van der Waals surface area contributed by atoms with E-state index in [-0.39, 0.29) is 16.9 Å². The summed E-state index contributed by atoms with van der Waals surface area (Å²) in [5, 5.41) is 15.4. The summed E-state index contributed by atoms with van der Waals surface area (Å²) in [5.41, 5.74) is 1.03. The smallest absolute Gasteiger partial charge is 0.250 e. The Morgan fingerprint density at radius 1 is 1.20 bits per heavy atom. The fourth-order valence-electron chi connectivity index (χ4n) is 5.84. The zero-order valence-corrected chi connectivity index (χ0v) is 16.8. The minimum absolute atomic E-state index is 0.206. The van der Waals surface area contributed by atoms with E-state index in [1.54, 1.807) is 25.3 Å². The summed E-state index contributed by atoms with van der Waals surface area (Å²) in [6.07, 6.45) is 1.52. The molecule has 1 N–H and O–H groups in total. The van der Waals surface area contributed by atoms with E-state index in [4.69, 9.17) is 9.47 Å². The minimum atomic E-state index is -1.14. The summed E-state index contributed by atoms with van der Waals surface area (Å²) in [4.78, 5) is 27.9. The first-order valence-corrected chi connectivity index (χ1v) is 10.1. The van der Waals surface area contributed by atoms with Crippen molar-refractivity contribution >= 4 is 11.6 Å². The maximum atomic E-state index is 13.6. The average Bonchev–Trinajstić information content (AvgIpc) is 3.41. The van der Waals surface area contributed by atoms with Crippen LogP contribution in [0.3, 0.4) is 0 Å². The number of ether oxygens (including phenoxy) is 2. The average molecular weight is 409 g/mol. The third-order valence-electron chi connectivity index (χ3n) is 6.89. The number of methoxy groups -OCH3 is 2. The molecule has 1 amide bonds. The van der Waals surface area contributed by atoms with Crippen LogP contribution in [0.5, 0.6) is 11.5 Å². The van der Waals surface area contributed by atoms with Crippen molar-refractivity contribution in [1.82, 2.24) is 4.90 Å². The van der Waals surface area contributed by atoms with Crippen molar-refractivity contribution in [2.24, 2.45) is 0 Å². The second-order valence-corrected chi connectivity index (χ2v) is 8.03. The number of hydrogen-bond donors (Lipinski definition) is 1. The van der Waals surface area contributed by atoms with Gasteiger partial charge in [-0.25, -0.2) is 0 Å². The van der Waals surface area contributed by atoms with Crippen molar-refractivity contribution in [3.8, 4) is 11.5 Å². The number of fused-ring (bicyclic) bond motifs is 4. The van der Waals surface area contributed by atoms with E-state index in [2.05, 4.69) is 10.2 Å². The number of anilines is 1. The molecule has 0 aromatic heterocycles. The van der Waals surface area contributed by atoms with Crippen LogP contribution in [0.2, 0.25) is 0 Å². The fourth-order valence-corrected chi connectivity index (χ4v) is 5.84. The van der Waals surface area contributed by atoms with Crippen LogP contribution in [0, 0.1) is 10.1 Å². The molecule has 0 saturated carbocycles. The van der Waals surface area contributed by atoms with Gasteiger partial charge in [-0.1, -0.05) is 24.3 Å². The van der Waals surface area contributed by atoms with E-state index in [0.717, 1.165) is 17.7 Å². The Kier molecular flexibility index (Phi) is 4.21. The quantitative estimate of drug-likeness (QED) is 0.617. The molecule has 0 unspecified atom stereocenters. The van der Waals surface area contributed by atoms with Crippen LogP contribution < -0.4 is 14.8 Å². The maximum absolute atomic E-state index is 13.6. The second kappa shape index (κ2) is 6.70. The Morgan fingerprint density at radius 2 is 2.00 bits per heavy atom. The number of carbonyl (C=O) groups excluding carboxylic acids is 1. The molecule has 1 spiro atoms. The molecule has 0 bridgehead atoms. The summed E-state index contributed by atoms with van der Waals surface area (Å²) >= 11 is 0. The van der Waals surface area contributed by atoms with Crippen LogP contribution >= 0.6 is 0 Å². The molecule has 4 atom stereocenters. The van der Waals surface area contributed by atoms with Crippen LogP contribution in [0.25, 0.3) is 0 Å². The predicted molar refractivity (Wildman–Crippen MR) is 110 cm³/mol. The molecule has 2 aromatic carbocycles. The molecule has 8 heteroatoms. The Labute approximate surface area is 173 Å². The maximum Gasteiger partial charge on any atom is 0.250 e. The highest BCUT2D eigenvalue weighted by Gasteiger charge is 2.72. The highest BCUT2D eigenvalue weighted by molar-refractivity contribution is 6.07. The monoisotopic (exact) mass is 409 g/mol. The van der Waals surface area contributed by atoms with Crippen molar-refractivity contribution in [3.05, 3.63) is 63.7 Å². The van der Waals surface area contributed by atoms with E-state index in [1.807, 2.05) is 24.3 Å². The second-order valence-electron chi connectivity index (χ2n) is 8.03. The number of carbonyl (C=O) groups is 1. The molecule has 0 radical (unpaired) electrons. The zero-order valence-electron chi connectivity index (χ0n) is 16.8.